The topological polar surface area (TPSA) is 189 Å². The number of ether oxygens (including phenoxy) is 4. The summed E-state index contributed by atoms with van der Waals surface area (Å²) in [6.07, 6.45) is 10.4. The van der Waals surface area contributed by atoms with Crippen molar-refractivity contribution in [1.82, 2.24) is 28.9 Å². The molecule has 0 spiro atoms. The Morgan fingerprint density at radius 1 is 0.560 bits per heavy atom. The van der Waals surface area contributed by atoms with Gasteiger partial charge in [-0.3, -0.25) is 9.59 Å². The van der Waals surface area contributed by atoms with Gasteiger partial charge in [-0.2, -0.15) is 0 Å². The molecule has 10 heterocycles. The molecule has 2 saturated heterocycles. The molecule has 4 aromatic heterocycles. The summed E-state index contributed by atoms with van der Waals surface area (Å²) in [5.41, 5.74) is 2.14. The van der Waals surface area contributed by atoms with Crippen LogP contribution in [0.2, 0.25) is 0 Å². The normalized spacial score (nSPS) is 26.7. The minimum absolute atomic E-state index is 0.0384. The van der Waals surface area contributed by atoms with Crippen LogP contribution >= 0.6 is 0 Å². The molecule has 16 heteroatoms. The molecule has 6 aliphatic rings. The molecular formula is C68H68N6O10. The summed E-state index contributed by atoms with van der Waals surface area (Å²) >= 11 is 0. The van der Waals surface area contributed by atoms with Gasteiger partial charge in [-0.1, -0.05) is 138 Å². The maximum absolute atomic E-state index is 15.4. The summed E-state index contributed by atoms with van der Waals surface area (Å²) in [6, 6.07) is 31.3. The van der Waals surface area contributed by atoms with Crippen LogP contribution in [-0.2, 0) is 40.0 Å². The van der Waals surface area contributed by atoms with E-state index in [2.05, 4.69) is 44.9 Å². The zero-order valence-electron chi connectivity index (χ0n) is 48.0. The van der Waals surface area contributed by atoms with Crippen molar-refractivity contribution in [2.45, 2.75) is 158 Å². The Morgan fingerprint density at radius 3 is 1.48 bits per heavy atom. The molecule has 2 amide bonds. The third-order valence-corrected chi connectivity index (χ3v) is 21.0. The van der Waals surface area contributed by atoms with Crippen LogP contribution in [0.4, 0.5) is 0 Å². The van der Waals surface area contributed by atoms with Crippen molar-refractivity contribution in [2.24, 2.45) is 5.92 Å². The molecule has 1 unspecified atom stereocenters. The summed E-state index contributed by atoms with van der Waals surface area (Å²) in [7, 11) is 2.59. The van der Waals surface area contributed by atoms with Gasteiger partial charge in [-0.05, 0) is 74.4 Å². The van der Waals surface area contributed by atoms with Crippen molar-refractivity contribution in [2.75, 3.05) is 14.2 Å². The maximum atomic E-state index is 15.4. The predicted molar refractivity (Wildman–Crippen MR) is 321 cm³/mol. The number of hydrogen-bond acceptors (Lipinski definition) is 10. The fourth-order valence-corrected chi connectivity index (χ4v) is 17.2. The molecule has 16 nitrogen and oxygen atoms in total. The Balaban J connectivity index is 0.856. The molecule has 0 aliphatic carbocycles. The minimum atomic E-state index is -2.08. The quantitative estimate of drug-likeness (QED) is 0.0535. The van der Waals surface area contributed by atoms with E-state index in [1.807, 2.05) is 88.0 Å². The summed E-state index contributed by atoms with van der Waals surface area (Å²) < 4.78 is 33.1. The number of aromatic nitrogens is 4. The number of nitrogens with one attached hydrogen (secondary N) is 2. The van der Waals surface area contributed by atoms with Crippen LogP contribution in [0.3, 0.4) is 0 Å². The second-order valence-electron chi connectivity index (χ2n) is 25.1. The Labute approximate surface area is 483 Å². The van der Waals surface area contributed by atoms with Gasteiger partial charge >= 0.3 is 11.9 Å². The number of esters is 2. The van der Waals surface area contributed by atoms with Gasteiger partial charge in [0.15, 0.2) is 11.4 Å². The first-order valence-electron chi connectivity index (χ1n) is 30.4. The molecule has 84 heavy (non-hydrogen) atoms. The van der Waals surface area contributed by atoms with Crippen LogP contribution in [0.25, 0.3) is 87.2 Å². The summed E-state index contributed by atoms with van der Waals surface area (Å²) in [5.74, 6) is -1.88. The standard InChI is InChI=1S/C68H68N6O10/c1-6-7-8-9-10-11-12-13-23-36(56-53-49-40-28-17-21-33-45(40)74-60(49)58-51(55(53)62(76)70-56)38-26-15-19-31-43(38)72(58)47-35-68(80,64(78)82-5)66(74,3)84-47)24-22-29-41-52-48-39-27-16-20-32-44(39)73-59(48)57-50(54(52)61(75)69-41)37-25-14-18-30-42(37)71(57)46-34-67(79,63(77)81-4)65(73,2)83-46/h14-21,25-28,30-33,36,41,46-47,56,79-80H,6-13,22-24,29,34-35H2,1-5H3,(H,69,75)(H,70,76)/t36?,41-,46+,47+,56-,65-,66-,67+,68+/m1/s1. The monoisotopic (exact) mass is 1130 g/mol. The van der Waals surface area contributed by atoms with Crippen LogP contribution in [0.15, 0.2) is 97.1 Å². The number of nitrogens with zero attached hydrogens (tertiary/aromatic N) is 4. The highest BCUT2D eigenvalue weighted by Crippen LogP contribution is 2.61. The molecule has 430 valence electrons. The average molecular weight is 1130 g/mol. The lowest BCUT2D eigenvalue weighted by atomic mass is 9.82. The van der Waals surface area contributed by atoms with E-state index in [9.17, 15) is 19.8 Å². The second-order valence-corrected chi connectivity index (χ2v) is 25.1. The van der Waals surface area contributed by atoms with E-state index in [1.54, 1.807) is 13.8 Å². The van der Waals surface area contributed by atoms with Crippen molar-refractivity contribution in [3.05, 3.63) is 119 Å². The van der Waals surface area contributed by atoms with Crippen molar-refractivity contribution in [1.29, 1.82) is 0 Å². The number of methoxy groups -OCH3 is 2. The number of rotatable bonds is 16. The highest BCUT2D eigenvalue weighted by atomic mass is 16.6. The van der Waals surface area contributed by atoms with Gasteiger partial charge in [0.25, 0.3) is 11.8 Å². The predicted octanol–water partition coefficient (Wildman–Crippen LogP) is 12.7. The smallest absolute Gasteiger partial charge is 0.343 e. The highest BCUT2D eigenvalue weighted by molar-refractivity contribution is 6.33. The second kappa shape index (κ2) is 18.1. The molecule has 10 aromatic rings. The SMILES string of the molecule is CCCCCCCCCCC(CCC[C@H]1NC(=O)c2c1c1c3ccccc3n3c1c1c2c2ccccc2n1[C@@H]1C[C@](O)(C(=O)OC)[C@@]3(C)O1)[C@H]1NC(=O)c2c1c1c3ccccc3n3c1c1c2c2ccccc2n1[C@@H]1C[C@](O)(C(=O)OC)[C@@]3(C)O1. The molecule has 6 aliphatic heterocycles. The summed E-state index contributed by atoms with van der Waals surface area (Å²) in [4.78, 5) is 58.6. The fraction of sp³-hybridized carbons (Fsp3) is 0.412. The Hall–Kier alpha value is -7.76. The Bertz CT molecular complexity index is 4570. The molecule has 6 aromatic carbocycles. The third kappa shape index (κ3) is 6.36. The van der Waals surface area contributed by atoms with E-state index in [0.717, 1.165) is 130 Å². The molecule has 4 bridgehead atoms. The van der Waals surface area contributed by atoms with E-state index in [1.165, 1.54) is 46.3 Å². The lowest BCUT2D eigenvalue weighted by Crippen LogP contribution is -2.56. The third-order valence-electron chi connectivity index (χ3n) is 21.0. The maximum Gasteiger partial charge on any atom is 0.343 e. The lowest BCUT2D eigenvalue weighted by molar-refractivity contribution is -0.203. The van der Waals surface area contributed by atoms with Gasteiger partial charge in [0, 0.05) is 55.9 Å². The molecule has 9 atom stereocenters. The van der Waals surface area contributed by atoms with Crippen LogP contribution in [0.1, 0.15) is 167 Å². The van der Waals surface area contributed by atoms with Crippen LogP contribution in [0.5, 0.6) is 0 Å². The minimum Gasteiger partial charge on any atom is -0.467 e. The molecule has 0 radical (unpaired) electrons. The van der Waals surface area contributed by atoms with E-state index >= 15 is 9.59 Å². The molecule has 0 saturated carbocycles. The molecule has 4 N–H and O–H groups in total. The lowest BCUT2D eigenvalue weighted by Gasteiger charge is -2.37. The van der Waals surface area contributed by atoms with Crippen molar-refractivity contribution in [3.63, 3.8) is 0 Å². The van der Waals surface area contributed by atoms with Crippen LogP contribution in [0, 0.1) is 5.92 Å². The summed E-state index contributed by atoms with van der Waals surface area (Å²) in [5, 5.41) is 39.7. The van der Waals surface area contributed by atoms with E-state index in [0.29, 0.717) is 24.0 Å². The number of para-hydroxylation sites is 4. The number of fused-ring (bicyclic) bond motifs is 26. The van der Waals surface area contributed by atoms with Gasteiger partial charge in [0.05, 0.1) is 81.6 Å². The van der Waals surface area contributed by atoms with E-state index in [-0.39, 0.29) is 30.6 Å². The Kier molecular flexibility index (Phi) is 11.2. The van der Waals surface area contributed by atoms with Gasteiger partial charge in [0.2, 0.25) is 11.2 Å². The highest BCUT2D eigenvalue weighted by Gasteiger charge is 2.67. The first-order chi connectivity index (χ1) is 40.7. The van der Waals surface area contributed by atoms with Gasteiger partial charge in [-0.25, -0.2) is 9.59 Å². The van der Waals surface area contributed by atoms with Crippen LogP contribution in [-0.4, -0.2) is 77.7 Å². The number of amides is 2. The van der Waals surface area contributed by atoms with Crippen molar-refractivity contribution < 1.29 is 48.3 Å². The molecular weight excluding hydrogens is 1060 g/mol. The largest absolute Gasteiger partial charge is 0.467 e. The molecule has 16 rings (SSSR count). The van der Waals surface area contributed by atoms with E-state index < -0.39 is 59.1 Å². The number of carbonyl (C=O) groups excluding carboxylic acids is 4. The zero-order valence-corrected chi connectivity index (χ0v) is 48.0. The van der Waals surface area contributed by atoms with Gasteiger partial charge in [0.1, 0.15) is 12.5 Å². The van der Waals surface area contributed by atoms with Crippen LogP contribution < -0.4 is 10.6 Å². The van der Waals surface area contributed by atoms with Gasteiger partial charge < -0.3 is 58.1 Å². The first-order valence-corrected chi connectivity index (χ1v) is 30.4. The number of hydrogen-bond donors (Lipinski definition) is 4. The number of aliphatic hydroxyl groups is 2. The number of benzene rings is 6. The number of unbranched alkanes of at least 4 members (excludes halogenated alkanes) is 7. The van der Waals surface area contributed by atoms with Crippen molar-refractivity contribution in [3.8, 4) is 0 Å². The Morgan fingerprint density at radius 2 is 0.976 bits per heavy atom. The van der Waals surface area contributed by atoms with Crippen molar-refractivity contribution >= 4 is 111 Å². The summed E-state index contributed by atoms with van der Waals surface area (Å²) in [6.45, 7) is 5.81. The van der Waals surface area contributed by atoms with Gasteiger partial charge in [-0.15, -0.1) is 0 Å². The zero-order chi connectivity index (χ0) is 57.5. The fourth-order valence-electron chi connectivity index (χ4n) is 17.2. The molecule has 2 fully saturated rings. The number of carbonyl (C=O) groups is 4. The first kappa shape index (κ1) is 51.8. The average Bonchev–Trinajstić information content (AvgIpc) is 1.62. The van der Waals surface area contributed by atoms with E-state index in [4.69, 9.17) is 18.9 Å².